The Hall–Kier alpha value is -2.67. The van der Waals surface area contributed by atoms with Crippen molar-refractivity contribution in [3.8, 4) is 5.75 Å². The zero-order chi connectivity index (χ0) is 16.1. The van der Waals surface area contributed by atoms with Crippen LogP contribution < -0.4 is 4.74 Å². The molecule has 1 atom stereocenters. The number of ether oxygens (including phenoxy) is 1. The van der Waals surface area contributed by atoms with Crippen molar-refractivity contribution in [2.45, 2.75) is 13.0 Å². The predicted molar refractivity (Wildman–Crippen MR) is 82.2 cm³/mol. The second kappa shape index (κ2) is 6.86. The smallest absolute Gasteiger partial charge is 0.355 e. The molecule has 0 radical (unpaired) electrons. The van der Waals surface area contributed by atoms with E-state index < -0.39 is 18.0 Å². The van der Waals surface area contributed by atoms with Crippen molar-refractivity contribution in [3.63, 3.8) is 0 Å². The van der Waals surface area contributed by atoms with Gasteiger partial charge in [-0.3, -0.25) is 0 Å². The van der Waals surface area contributed by atoms with Crippen molar-refractivity contribution >= 4 is 35.4 Å². The van der Waals surface area contributed by atoms with Crippen LogP contribution in [0.5, 0.6) is 5.75 Å². The topological polar surface area (TPSA) is 96.7 Å². The van der Waals surface area contributed by atoms with Gasteiger partial charge in [0.05, 0.1) is 0 Å². The van der Waals surface area contributed by atoms with Crippen molar-refractivity contribution in [1.29, 1.82) is 0 Å². The van der Waals surface area contributed by atoms with Crippen LogP contribution in [0.1, 0.15) is 28.0 Å². The lowest BCUT2D eigenvalue weighted by Gasteiger charge is -2.09. The zero-order valence-corrected chi connectivity index (χ0v) is 12.4. The standard InChI is InChI=1S/C15H13NO5S/c1-9(14(17)18)21-11-5-2-10(3-6-11)4-7-13-16-12(8-22-13)15(19)20/h2-9H,1H3,(H,17,18)(H,19,20)/b7-4+. The highest BCUT2D eigenvalue weighted by molar-refractivity contribution is 7.10. The Bertz CT molecular complexity index is 705. The maximum Gasteiger partial charge on any atom is 0.355 e. The molecule has 2 N–H and O–H groups in total. The first kappa shape index (κ1) is 15.7. The molecule has 7 heteroatoms. The van der Waals surface area contributed by atoms with Crippen LogP contribution in [0.25, 0.3) is 12.2 Å². The average molecular weight is 319 g/mol. The van der Waals surface area contributed by atoms with Gasteiger partial charge in [0.1, 0.15) is 10.8 Å². The molecular weight excluding hydrogens is 306 g/mol. The Labute approximate surface area is 130 Å². The molecule has 0 saturated heterocycles. The number of rotatable bonds is 6. The normalized spacial score (nSPS) is 12.2. The molecule has 0 saturated carbocycles. The van der Waals surface area contributed by atoms with Gasteiger partial charge in [-0.15, -0.1) is 11.3 Å². The van der Waals surface area contributed by atoms with Gasteiger partial charge in [-0.2, -0.15) is 0 Å². The molecule has 0 amide bonds. The Morgan fingerprint density at radius 2 is 1.91 bits per heavy atom. The summed E-state index contributed by atoms with van der Waals surface area (Å²) in [5, 5.41) is 19.6. The number of carboxylic acids is 2. The highest BCUT2D eigenvalue weighted by Crippen LogP contribution is 2.17. The summed E-state index contributed by atoms with van der Waals surface area (Å²) in [6.45, 7) is 1.46. The van der Waals surface area contributed by atoms with E-state index in [2.05, 4.69) is 4.98 Å². The quantitative estimate of drug-likeness (QED) is 0.850. The molecule has 0 spiro atoms. The average Bonchev–Trinajstić information content (AvgIpc) is 2.95. The number of benzene rings is 1. The minimum Gasteiger partial charge on any atom is -0.479 e. The van der Waals surface area contributed by atoms with E-state index in [9.17, 15) is 9.59 Å². The van der Waals surface area contributed by atoms with Gasteiger partial charge >= 0.3 is 11.9 Å². The number of carbonyl (C=O) groups is 2. The second-order valence-electron chi connectivity index (χ2n) is 4.38. The highest BCUT2D eigenvalue weighted by atomic mass is 32.1. The molecule has 1 unspecified atom stereocenters. The van der Waals surface area contributed by atoms with E-state index in [-0.39, 0.29) is 5.69 Å². The molecule has 1 aromatic carbocycles. The first-order valence-corrected chi connectivity index (χ1v) is 7.20. The summed E-state index contributed by atoms with van der Waals surface area (Å²) in [6.07, 6.45) is 2.59. The Morgan fingerprint density at radius 3 is 2.45 bits per heavy atom. The zero-order valence-electron chi connectivity index (χ0n) is 11.6. The monoisotopic (exact) mass is 319 g/mol. The third-order valence-electron chi connectivity index (χ3n) is 2.70. The molecule has 0 aliphatic rings. The number of thiazole rings is 1. The van der Waals surface area contributed by atoms with Crippen LogP contribution in [0.3, 0.4) is 0 Å². The number of nitrogens with zero attached hydrogens (tertiary/aromatic N) is 1. The maximum absolute atomic E-state index is 10.7. The van der Waals surface area contributed by atoms with Crippen LogP contribution in [0.2, 0.25) is 0 Å². The first-order valence-electron chi connectivity index (χ1n) is 6.32. The number of aliphatic carboxylic acids is 1. The van der Waals surface area contributed by atoms with Crippen LogP contribution in [0.4, 0.5) is 0 Å². The fourth-order valence-electron chi connectivity index (χ4n) is 1.54. The number of aromatic carboxylic acids is 1. The molecule has 0 fully saturated rings. The minimum absolute atomic E-state index is 0.0241. The molecule has 0 aliphatic heterocycles. The van der Waals surface area contributed by atoms with Crippen LogP contribution in [-0.4, -0.2) is 33.2 Å². The molecule has 1 aromatic heterocycles. The third-order valence-corrected chi connectivity index (χ3v) is 3.51. The van der Waals surface area contributed by atoms with Crippen LogP contribution >= 0.6 is 11.3 Å². The summed E-state index contributed by atoms with van der Waals surface area (Å²) >= 11 is 1.24. The summed E-state index contributed by atoms with van der Waals surface area (Å²) in [5.41, 5.74) is 0.887. The van der Waals surface area contributed by atoms with Crippen molar-refractivity contribution in [2.75, 3.05) is 0 Å². The number of hydrogen-bond acceptors (Lipinski definition) is 5. The van der Waals surface area contributed by atoms with Gasteiger partial charge in [0.25, 0.3) is 0 Å². The van der Waals surface area contributed by atoms with Gasteiger partial charge in [0.2, 0.25) is 0 Å². The molecule has 0 bridgehead atoms. The summed E-state index contributed by atoms with van der Waals surface area (Å²) < 4.78 is 5.22. The van der Waals surface area contributed by atoms with E-state index >= 15 is 0 Å². The van der Waals surface area contributed by atoms with Crippen LogP contribution in [0.15, 0.2) is 29.6 Å². The van der Waals surface area contributed by atoms with E-state index in [1.165, 1.54) is 23.6 Å². The summed E-state index contributed by atoms with van der Waals surface area (Å²) in [4.78, 5) is 25.4. The summed E-state index contributed by atoms with van der Waals surface area (Å²) in [5.74, 6) is -1.61. The van der Waals surface area contributed by atoms with Crippen molar-refractivity contribution in [2.24, 2.45) is 0 Å². The van der Waals surface area contributed by atoms with E-state index in [0.717, 1.165) is 5.56 Å². The molecule has 2 rings (SSSR count). The molecule has 6 nitrogen and oxygen atoms in total. The molecule has 2 aromatic rings. The van der Waals surface area contributed by atoms with E-state index in [1.54, 1.807) is 36.4 Å². The van der Waals surface area contributed by atoms with Crippen molar-refractivity contribution < 1.29 is 24.5 Å². The van der Waals surface area contributed by atoms with E-state index in [1.807, 2.05) is 0 Å². The second-order valence-corrected chi connectivity index (χ2v) is 5.27. The molecule has 22 heavy (non-hydrogen) atoms. The Kier molecular flexibility index (Phi) is 4.90. The number of hydrogen-bond donors (Lipinski definition) is 2. The summed E-state index contributed by atoms with van der Waals surface area (Å²) in [7, 11) is 0. The van der Waals surface area contributed by atoms with Gasteiger partial charge in [0.15, 0.2) is 11.8 Å². The lowest BCUT2D eigenvalue weighted by Crippen LogP contribution is -2.22. The van der Waals surface area contributed by atoms with Crippen molar-refractivity contribution in [1.82, 2.24) is 4.98 Å². The first-order chi connectivity index (χ1) is 10.5. The lowest BCUT2D eigenvalue weighted by molar-refractivity contribution is -0.144. The van der Waals surface area contributed by atoms with E-state index in [4.69, 9.17) is 14.9 Å². The fourth-order valence-corrected chi connectivity index (χ4v) is 2.23. The van der Waals surface area contributed by atoms with Crippen molar-refractivity contribution in [3.05, 3.63) is 45.9 Å². The predicted octanol–water partition coefficient (Wildman–Crippen LogP) is 2.86. The van der Waals surface area contributed by atoms with E-state index in [0.29, 0.717) is 10.8 Å². The molecular formula is C15H13NO5S. The van der Waals surface area contributed by atoms with Gasteiger partial charge in [-0.25, -0.2) is 14.6 Å². The number of carboxylic acid groups (broad SMARTS) is 2. The number of aromatic nitrogens is 1. The van der Waals surface area contributed by atoms with Gasteiger partial charge < -0.3 is 14.9 Å². The summed E-state index contributed by atoms with van der Waals surface area (Å²) in [6, 6.07) is 6.88. The van der Waals surface area contributed by atoms with Crippen LogP contribution in [0, 0.1) is 0 Å². The molecule has 1 heterocycles. The van der Waals surface area contributed by atoms with Gasteiger partial charge in [-0.1, -0.05) is 18.2 Å². The minimum atomic E-state index is -1.05. The SMILES string of the molecule is CC(Oc1ccc(/C=C/c2nc(C(=O)O)cs2)cc1)C(=O)O. The third kappa shape index (κ3) is 4.16. The maximum atomic E-state index is 10.7. The van der Waals surface area contributed by atoms with Crippen LogP contribution in [-0.2, 0) is 4.79 Å². The lowest BCUT2D eigenvalue weighted by atomic mass is 10.2. The molecule has 0 aliphatic carbocycles. The molecule has 114 valence electrons. The Morgan fingerprint density at radius 1 is 1.23 bits per heavy atom. The van der Waals surface area contributed by atoms with Gasteiger partial charge in [-0.05, 0) is 30.7 Å². The Balaban J connectivity index is 2.02. The van der Waals surface area contributed by atoms with Gasteiger partial charge in [0, 0.05) is 5.38 Å². The fraction of sp³-hybridized carbons (Fsp3) is 0.133. The highest BCUT2D eigenvalue weighted by Gasteiger charge is 2.11. The largest absolute Gasteiger partial charge is 0.479 e.